The third kappa shape index (κ3) is 2.56. The topological polar surface area (TPSA) is 20.7 Å². The summed E-state index contributed by atoms with van der Waals surface area (Å²) in [5.74, 6) is 0.478. The average Bonchev–Trinajstić information content (AvgIpc) is 2.72. The molecule has 3 heteroatoms. The van der Waals surface area contributed by atoms with Crippen molar-refractivity contribution in [2.75, 3.05) is 0 Å². The molecule has 1 heterocycles. The van der Waals surface area contributed by atoms with Gasteiger partial charge in [0.15, 0.2) is 4.77 Å². The number of hydrogen-bond acceptors (Lipinski definition) is 1. The van der Waals surface area contributed by atoms with Gasteiger partial charge in [0.1, 0.15) is 0 Å². The van der Waals surface area contributed by atoms with Crippen LogP contribution in [0.3, 0.4) is 0 Å². The lowest BCUT2D eigenvalue weighted by atomic mass is 10.0. The number of nitrogens with zero attached hydrogens (tertiary/aromatic N) is 1. The molecular weight excluding hydrogens is 240 g/mol. The van der Waals surface area contributed by atoms with Gasteiger partial charge in [0, 0.05) is 11.9 Å². The van der Waals surface area contributed by atoms with Crippen molar-refractivity contribution >= 4 is 12.2 Å². The summed E-state index contributed by atoms with van der Waals surface area (Å²) in [5.41, 5.74) is 4.03. The molecule has 96 valence electrons. The number of benzene rings is 1. The highest BCUT2D eigenvalue weighted by molar-refractivity contribution is 7.71. The predicted molar refractivity (Wildman–Crippen MR) is 78.6 cm³/mol. The smallest absolute Gasteiger partial charge is 0.177 e. The van der Waals surface area contributed by atoms with E-state index in [1.807, 2.05) is 6.20 Å². The zero-order chi connectivity index (χ0) is 13.1. The van der Waals surface area contributed by atoms with Crippen molar-refractivity contribution in [3.63, 3.8) is 0 Å². The monoisotopic (exact) mass is 260 g/mol. The molecule has 1 N–H and O–H groups in total. The van der Waals surface area contributed by atoms with Crippen molar-refractivity contribution in [1.82, 2.24) is 9.55 Å². The maximum Gasteiger partial charge on any atom is 0.177 e. The number of aromatic nitrogens is 2. The molecule has 0 radical (unpaired) electrons. The van der Waals surface area contributed by atoms with Crippen LogP contribution in [-0.2, 0) is 13.0 Å². The molecule has 0 aliphatic rings. The number of aryl methyl sites for hydroxylation is 1. The van der Waals surface area contributed by atoms with Crippen LogP contribution in [0.4, 0.5) is 0 Å². The van der Waals surface area contributed by atoms with Crippen LogP contribution >= 0.6 is 12.2 Å². The zero-order valence-electron chi connectivity index (χ0n) is 11.2. The Balaban J connectivity index is 2.40. The van der Waals surface area contributed by atoms with Gasteiger partial charge in [-0.1, -0.05) is 45.0 Å². The van der Waals surface area contributed by atoms with Gasteiger partial charge < -0.3 is 9.55 Å². The van der Waals surface area contributed by atoms with Crippen LogP contribution in [0.5, 0.6) is 0 Å². The summed E-state index contributed by atoms with van der Waals surface area (Å²) >= 11 is 5.38. The second-order valence-electron chi connectivity index (χ2n) is 4.88. The summed E-state index contributed by atoms with van der Waals surface area (Å²) in [7, 11) is 0. The van der Waals surface area contributed by atoms with Crippen molar-refractivity contribution in [1.29, 1.82) is 0 Å². The number of rotatable bonds is 4. The lowest BCUT2D eigenvalue weighted by Crippen LogP contribution is -2.07. The molecule has 0 spiro atoms. The summed E-state index contributed by atoms with van der Waals surface area (Å²) in [6.45, 7) is 7.44. The first-order valence-electron chi connectivity index (χ1n) is 6.48. The van der Waals surface area contributed by atoms with Gasteiger partial charge in [-0.05, 0) is 35.7 Å². The van der Waals surface area contributed by atoms with E-state index in [1.54, 1.807) is 0 Å². The van der Waals surface area contributed by atoms with Crippen LogP contribution in [-0.4, -0.2) is 9.55 Å². The van der Waals surface area contributed by atoms with Gasteiger partial charge in [-0.3, -0.25) is 0 Å². The third-order valence-corrected chi connectivity index (χ3v) is 3.66. The maximum absolute atomic E-state index is 5.38. The van der Waals surface area contributed by atoms with Crippen molar-refractivity contribution in [2.45, 2.75) is 39.7 Å². The standard InChI is InChI=1S/C15H20N2S/c1-4-12-7-5-6-8-13(12)10-17-14(11(2)3)9-16-15(17)18/h5-9,11H,4,10H2,1-3H3,(H,16,18). The van der Waals surface area contributed by atoms with Crippen LogP contribution in [0.25, 0.3) is 0 Å². The Morgan fingerprint density at radius 1 is 1.22 bits per heavy atom. The van der Waals surface area contributed by atoms with Gasteiger partial charge in [-0.15, -0.1) is 0 Å². The Morgan fingerprint density at radius 2 is 1.89 bits per heavy atom. The second kappa shape index (κ2) is 5.53. The van der Waals surface area contributed by atoms with Crippen molar-refractivity contribution in [2.24, 2.45) is 0 Å². The Morgan fingerprint density at radius 3 is 2.50 bits per heavy atom. The van der Waals surface area contributed by atoms with Crippen LogP contribution in [0.2, 0.25) is 0 Å². The summed E-state index contributed by atoms with van der Waals surface area (Å²) < 4.78 is 3.01. The normalized spacial score (nSPS) is 11.1. The van der Waals surface area contributed by atoms with Gasteiger partial charge in [0.2, 0.25) is 0 Å². The van der Waals surface area contributed by atoms with Gasteiger partial charge in [-0.25, -0.2) is 0 Å². The molecule has 2 nitrogen and oxygen atoms in total. The van der Waals surface area contributed by atoms with Crippen LogP contribution in [0.1, 0.15) is 43.5 Å². The van der Waals surface area contributed by atoms with E-state index in [-0.39, 0.29) is 0 Å². The van der Waals surface area contributed by atoms with E-state index < -0.39 is 0 Å². The quantitative estimate of drug-likeness (QED) is 0.814. The highest BCUT2D eigenvalue weighted by Crippen LogP contribution is 2.18. The third-order valence-electron chi connectivity index (χ3n) is 3.32. The minimum atomic E-state index is 0.478. The number of H-pyrrole nitrogens is 1. The Labute approximate surface area is 114 Å². The fourth-order valence-corrected chi connectivity index (χ4v) is 2.51. The van der Waals surface area contributed by atoms with Crippen LogP contribution in [0, 0.1) is 4.77 Å². The second-order valence-corrected chi connectivity index (χ2v) is 5.27. The largest absolute Gasteiger partial charge is 0.337 e. The lowest BCUT2D eigenvalue weighted by molar-refractivity contribution is 0.681. The molecule has 2 aromatic rings. The molecule has 18 heavy (non-hydrogen) atoms. The molecule has 0 aliphatic carbocycles. The van der Waals surface area contributed by atoms with Crippen molar-refractivity contribution in [3.05, 3.63) is 52.1 Å². The fraction of sp³-hybridized carbons (Fsp3) is 0.400. The Kier molecular flexibility index (Phi) is 4.02. The first-order valence-corrected chi connectivity index (χ1v) is 6.89. The van der Waals surface area contributed by atoms with E-state index in [2.05, 4.69) is 54.6 Å². The molecule has 0 saturated heterocycles. The lowest BCUT2D eigenvalue weighted by Gasteiger charge is -2.13. The average molecular weight is 260 g/mol. The molecule has 0 fully saturated rings. The fourth-order valence-electron chi connectivity index (χ4n) is 2.28. The van der Waals surface area contributed by atoms with Crippen molar-refractivity contribution in [3.8, 4) is 0 Å². The summed E-state index contributed by atoms with van der Waals surface area (Å²) in [4.78, 5) is 3.15. The molecule has 2 rings (SSSR count). The first-order chi connectivity index (χ1) is 8.63. The van der Waals surface area contributed by atoms with Crippen LogP contribution in [0.15, 0.2) is 30.5 Å². The van der Waals surface area contributed by atoms with Gasteiger partial charge in [-0.2, -0.15) is 0 Å². The highest BCUT2D eigenvalue weighted by atomic mass is 32.1. The summed E-state index contributed by atoms with van der Waals surface area (Å²) in [5, 5.41) is 0. The van der Waals surface area contributed by atoms with E-state index >= 15 is 0 Å². The van der Waals surface area contributed by atoms with E-state index in [0.29, 0.717) is 5.92 Å². The van der Waals surface area contributed by atoms with Gasteiger partial charge in [0.05, 0.1) is 6.54 Å². The number of nitrogens with one attached hydrogen (secondary N) is 1. The van der Waals surface area contributed by atoms with Crippen molar-refractivity contribution < 1.29 is 0 Å². The number of hydrogen-bond donors (Lipinski definition) is 1. The van der Waals surface area contributed by atoms with E-state index in [1.165, 1.54) is 16.8 Å². The highest BCUT2D eigenvalue weighted by Gasteiger charge is 2.09. The van der Waals surface area contributed by atoms with Gasteiger partial charge >= 0.3 is 0 Å². The number of imidazole rings is 1. The summed E-state index contributed by atoms with van der Waals surface area (Å²) in [6.07, 6.45) is 3.09. The molecule has 0 unspecified atom stereocenters. The Bertz CT molecular complexity index is 578. The zero-order valence-corrected chi connectivity index (χ0v) is 12.1. The molecule has 0 aliphatic heterocycles. The number of aromatic amines is 1. The van der Waals surface area contributed by atoms with E-state index in [4.69, 9.17) is 12.2 Å². The maximum atomic E-state index is 5.38. The molecule has 1 aromatic heterocycles. The minimum absolute atomic E-state index is 0.478. The molecule has 0 bridgehead atoms. The SMILES string of the molecule is CCc1ccccc1Cn1c(C(C)C)c[nH]c1=S. The minimum Gasteiger partial charge on any atom is -0.337 e. The molecular formula is C15H20N2S. The predicted octanol–water partition coefficient (Wildman–Crippen LogP) is 4.28. The van der Waals surface area contributed by atoms with Gasteiger partial charge in [0.25, 0.3) is 0 Å². The molecule has 0 atom stereocenters. The van der Waals surface area contributed by atoms with Crippen LogP contribution < -0.4 is 0 Å². The molecule has 1 aromatic carbocycles. The first kappa shape index (κ1) is 13.1. The summed E-state index contributed by atoms with van der Waals surface area (Å²) in [6, 6.07) is 8.58. The molecule has 0 saturated carbocycles. The van der Waals surface area contributed by atoms with E-state index in [9.17, 15) is 0 Å². The Hall–Kier alpha value is -1.35. The molecule has 0 amide bonds. The van der Waals surface area contributed by atoms with E-state index in [0.717, 1.165) is 17.7 Å².